The van der Waals surface area contributed by atoms with Gasteiger partial charge in [0.1, 0.15) is 5.52 Å². The van der Waals surface area contributed by atoms with Crippen LogP contribution in [0, 0.1) is 0 Å². The number of nitrogens with zero attached hydrogens (tertiary/aromatic N) is 2. The summed E-state index contributed by atoms with van der Waals surface area (Å²) in [5, 5.41) is 2.18. The first-order chi connectivity index (χ1) is 24.8. The standard InChI is InChI=1S/C47H32N2O/c1-4-10-33(11-5-1)35-18-25-41(26-19-35)49(42-27-20-36(21-28-42)34-12-6-2-7-13-34)43-29-22-37(23-30-43)40-17-16-38-24-31-45-46(44(38)32-40)50-47(48-45)39-14-8-3-9-15-39/h1-32H. The van der Waals surface area contributed by atoms with Crippen LogP contribution in [-0.2, 0) is 0 Å². The van der Waals surface area contributed by atoms with Crippen LogP contribution in [0.1, 0.15) is 0 Å². The molecule has 9 aromatic rings. The Balaban J connectivity index is 1.08. The molecule has 0 fully saturated rings. The fraction of sp³-hybridized carbons (Fsp3) is 0. The molecule has 0 aliphatic rings. The van der Waals surface area contributed by atoms with Crippen molar-refractivity contribution in [3.8, 4) is 44.8 Å². The number of anilines is 3. The molecule has 8 aromatic carbocycles. The van der Waals surface area contributed by atoms with Crippen LogP contribution in [0.5, 0.6) is 0 Å². The summed E-state index contributed by atoms with van der Waals surface area (Å²) in [5.41, 5.74) is 13.0. The summed E-state index contributed by atoms with van der Waals surface area (Å²) in [6.45, 7) is 0. The molecule has 1 heterocycles. The van der Waals surface area contributed by atoms with Gasteiger partial charge in [-0.15, -0.1) is 0 Å². The maximum absolute atomic E-state index is 6.36. The molecule has 0 atom stereocenters. The van der Waals surface area contributed by atoms with E-state index in [-0.39, 0.29) is 0 Å². The quantitative estimate of drug-likeness (QED) is 0.174. The molecule has 3 heteroatoms. The third-order valence-electron chi connectivity index (χ3n) is 9.32. The number of aromatic nitrogens is 1. The lowest BCUT2D eigenvalue weighted by Crippen LogP contribution is -2.09. The number of oxazole rings is 1. The predicted molar refractivity (Wildman–Crippen MR) is 208 cm³/mol. The van der Waals surface area contributed by atoms with E-state index in [0.29, 0.717) is 5.89 Å². The van der Waals surface area contributed by atoms with E-state index in [0.717, 1.165) is 55.6 Å². The number of rotatable bonds is 7. The van der Waals surface area contributed by atoms with Crippen molar-refractivity contribution in [2.45, 2.75) is 0 Å². The van der Waals surface area contributed by atoms with Crippen LogP contribution in [0.15, 0.2) is 199 Å². The second kappa shape index (κ2) is 12.7. The molecule has 0 saturated heterocycles. The van der Waals surface area contributed by atoms with Crippen LogP contribution in [0.2, 0.25) is 0 Å². The molecule has 0 unspecified atom stereocenters. The van der Waals surface area contributed by atoms with Crippen molar-refractivity contribution in [1.82, 2.24) is 4.98 Å². The van der Waals surface area contributed by atoms with E-state index in [1.54, 1.807) is 0 Å². The maximum Gasteiger partial charge on any atom is 0.227 e. The van der Waals surface area contributed by atoms with Gasteiger partial charge in [-0.05, 0) is 99.4 Å². The summed E-state index contributed by atoms with van der Waals surface area (Å²) < 4.78 is 6.36. The predicted octanol–water partition coefficient (Wildman–Crippen LogP) is 13.1. The Kier molecular flexibility index (Phi) is 7.49. The van der Waals surface area contributed by atoms with Crippen molar-refractivity contribution >= 4 is 38.9 Å². The van der Waals surface area contributed by atoms with E-state index in [1.165, 1.54) is 22.3 Å². The van der Waals surface area contributed by atoms with E-state index in [4.69, 9.17) is 9.40 Å². The molecule has 3 nitrogen and oxygen atoms in total. The Bertz CT molecular complexity index is 2460. The molecule has 0 aliphatic heterocycles. The number of hydrogen-bond donors (Lipinski definition) is 0. The van der Waals surface area contributed by atoms with Crippen LogP contribution in [0.25, 0.3) is 66.7 Å². The summed E-state index contributed by atoms with van der Waals surface area (Å²) in [7, 11) is 0. The second-order valence-electron chi connectivity index (χ2n) is 12.4. The molecular formula is C47H32N2O. The number of hydrogen-bond acceptors (Lipinski definition) is 3. The van der Waals surface area contributed by atoms with Gasteiger partial charge >= 0.3 is 0 Å². The lowest BCUT2D eigenvalue weighted by Gasteiger charge is -2.26. The Labute approximate surface area is 291 Å². The molecule has 0 aliphatic carbocycles. The van der Waals surface area contributed by atoms with Gasteiger partial charge < -0.3 is 9.32 Å². The van der Waals surface area contributed by atoms with Crippen molar-refractivity contribution in [1.29, 1.82) is 0 Å². The first kappa shape index (κ1) is 29.4. The van der Waals surface area contributed by atoms with E-state index < -0.39 is 0 Å². The third kappa shape index (κ3) is 5.61. The minimum atomic E-state index is 0.636. The molecule has 0 bridgehead atoms. The number of fused-ring (bicyclic) bond motifs is 3. The van der Waals surface area contributed by atoms with E-state index in [2.05, 4.69) is 163 Å². The summed E-state index contributed by atoms with van der Waals surface area (Å²) >= 11 is 0. The highest BCUT2D eigenvalue weighted by Gasteiger charge is 2.15. The normalized spacial score (nSPS) is 11.2. The van der Waals surface area contributed by atoms with Gasteiger partial charge in [0, 0.05) is 28.0 Å². The van der Waals surface area contributed by atoms with Crippen molar-refractivity contribution < 1.29 is 4.42 Å². The van der Waals surface area contributed by atoms with Crippen LogP contribution >= 0.6 is 0 Å². The Hall–Kier alpha value is -6.71. The molecule has 9 rings (SSSR count). The van der Waals surface area contributed by atoms with Gasteiger partial charge in [0.15, 0.2) is 5.58 Å². The largest absolute Gasteiger partial charge is 0.435 e. The van der Waals surface area contributed by atoms with Gasteiger partial charge in [-0.3, -0.25) is 0 Å². The lowest BCUT2D eigenvalue weighted by atomic mass is 10.00. The topological polar surface area (TPSA) is 29.3 Å². The molecular weight excluding hydrogens is 609 g/mol. The fourth-order valence-electron chi connectivity index (χ4n) is 6.71. The van der Waals surface area contributed by atoms with Gasteiger partial charge in [-0.25, -0.2) is 4.98 Å². The molecule has 0 amide bonds. The maximum atomic E-state index is 6.36. The molecule has 0 spiro atoms. The van der Waals surface area contributed by atoms with E-state index >= 15 is 0 Å². The average Bonchev–Trinajstić information content (AvgIpc) is 3.65. The Morgan fingerprint density at radius 1 is 0.360 bits per heavy atom. The first-order valence-electron chi connectivity index (χ1n) is 16.9. The van der Waals surface area contributed by atoms with Crippen LogP contribution < -0.4 is 4.90 Å². The van der Waals surface area contributed by atoms with Gasteiger partial charge in [0.25, 0.3) is 0 Å². The van der Waals surface area contributed by atoms with Gasteiger partial charge in [-0.2, -0.15) is 0 Å². The second-order valence-corrected chi connectivity index (χ2v) is 12.4. The molecule has 0 N–H and O–H groups in total. The highest BCUT2D eigenvalue weighted by Crippen LogP contribution is 2.38. The van der Waals surface area contributed by atoms with Gasteiger partial charge in [0.2, 0.25) is 5.89 Å². The minimum Gasteiger partial charge on any atom is -0.435 e. The molecule has 0 radical (unpaired) electrons. The highest BCUT2D eigenvalue weighted by molar-refractivity contribution is 6.05. The van der Waals surface area contributed by atoms with E-state index in [9.17, 15) is 0 Å². The summed E-state index contributed by atoms with van der Waals surface area (Å²) in [5.74, 6) is 0.636. The van der Waals surface area contributed by atoms with Crippen molar-refractivity contribution in [2.75, 3.05) is 4.90 Å². The van der Waals surface area contributed by atoms with Crippen molar-refractivity contribution in [2.24, 2.45) is 0 Å². The molecule has 0 saturated carbocycles. The van der Waals surface area contributed by atoms with Crippen LogP contribution in [0.4, 0.5) is 17.1 Å². The zero-order valence-electron chi connectivity index (χ0n) is 27.3. The number of benzene rings is 8. The SMILES string of the molecule is c1ccc(-c2ccc(N(c3ccc(-c4ccccc4)cc3)c3ccc(-c4ccc5ccc6nc(-c7ccccc7)oc6c5c4)cc3)cc2)cc1. The average molecular weight is 641 g/mol. The lowest BCUT2D eigenvalue weighted by molar-refractivity contribution is 0.623. The van der Waals surface area contributed by atoms with Crippen LogP contribution in [-0.4, -0.2) is 4.98 Å². The van der Waals surface area contributed by atoms with Crippen molar-refractivity contribution in [3.63, 3.8) is 0 Å². The van der Waals surface area contributed by atoms with E-state index in [1.807, 2.05) is 36.4 Å². The summed E-state index contributed by atoms with van der Waals surface area (Å²) in [4.78, 5) is 7.11. The monoisotopic (exact) mass is 640 g/mol. The molecule has 50 heavy (non-hydrogen) atoms. The van der Waals surface area contributed by atoms with Crippen LogP contribution in [0.3, 0.4) is 0 Å². The van der Waals surface area contributed by atoms with Crippen molar-refractivity contribution in [3.05, 3.63) is 194 Å². The smallest absolute Gasteiger partial charge is 0.227 e. The van der Waals surface area contributed by atoms with Gasteiger partial charge in [0.05, 0.1) is 0 Å². The zero-order valence-corrected chi connectivity index (χ0v) is 27.3. The minimum absolute atomic E-state index is 0.636. The molecule has 1 aromatic heterocycles. The Morgan fingerprint density at radius 2 is 0.760 bits per heavy atom. The summed E-state index contributed by atoms with van der Waals surface area (Å²) in [6.07, 6.45) is 0. The first-order valence-corrected chi connectivity index (χ1v) is 16.9. The summed E-state index contributed by atoms with van der Waals surface area (Å²) in [6, 6.07) is 68.3. The fourth-order valence-corrected chi connectivity index (χ4v) is 6.71. The Morgan fingerprint density at radius 3 is 1.26 bits per heavy atom. The molecule has 236 valence electrons. The highest BCUT2D eigenvalue weighted by atomic mass is 16.3. The third-order valence-corrected chi connectivity index (χ3v) is 9.32. The van der Waals surface area contributed by atoms with Gasteiger partial charge in [-0.1, -0.05) is 133 Å². The zero-order chi connectivity index (χ0) is 33.3.